The highest BCUT2D eigenvalue weighted by Gasteiger charge is 2.15. The van der Waals surface area contributed by atoms with Crippen LogP contribution >= 0.6 is 0 Å². The lowest BCUT2D eigenvalue weighted by molar-refractivity contribution is 0.0696. The van der Waals surface area contributed by atoms with Crippen molar-refractivity contribution in [1.29, 1.82) is 0 Å². The summed E-state index contributed by atoms with van der Waals surface area (Å²) in [6.45, 7) is -0.854. The van der Waals surface area contributed by atoms with Crippen LogP contribution in [0.2, 0.25) is 0 Å². The van der Waals surface area contributed by atoms with Gasteiger partial charge in [-0.1, -0.05) is 0 Å². The number of aliphatic hydroxyl groups is 2. The molecular formula is C13H12FNO5. The SMILES string of the molecule is O=C(O)c1cc(F)c2c(ccc(=O)n2CC(O)CO)c1. The van der Waals surface area contributed by atoms with Crippen molar-refractivity contribution in [3.63, 3.8) is 0 Å². The number of aromatic carboxylic acids is 1. The van der Waals surface area contributed by atoms with Gasteiger partial charge in [0, 0.05) is 11.5 Å². The number of carbonyl (C=O) groups is 1. The summed E-state index contributed by atoms with van der Waals surface area (Å²) in [4.78, 5) is 22.6. The van der Waals surface area contributed by atoms with Gasteiger partial charge in [0.1, 0.15) is 5.82 Å². The van der Waals surface area contributed by atoms with Crippen LogP contribution in [0.5, 0.6) is 0 Å². The van der Waals surface area contributed by atoms with E-state index in [1.165, 1.54) is 12.1 Å². The molecule has 0 radical (unpaired) electrons. The van der Waals surface area contributed by atoms with Crippen LogP contribution in [-0.2, 0) is 6.54 Å². The summed E-state index contributed by atoms with van der Waals surface area (Å²) >= 11 is 0. The number of fused-ring (bicyclic) bond motifs is 1. The van der Waals surface area contributed by atoms with E-state index in [1.54, 1.807) is 0 Å². The number of nitrogens with zero attached hydrogens (tertiary/aromatic N) is 1. The second kappa shape index (κ2) is 5.40. The smallest absolute Gasteiger partial charge is 0.335 e. The molecule has 1 aromatic carbocycles. The third-order valence-corrected chi connectivity index (χ3v) is 2.89. The van der Waals surface area contributed by atoms with Crippen molar-refractivity contribution in [2.24, 2.45) is 0 Å². The van der Waals surface area contributed by atoms with Crippen LogP contribution in [0, 0.1) is 5.82 Å². The molecule has 2 aromatic rings. The molecule has 0 saturated carbocycles. The molecule has 2 rings (SSSR count). The molecule has 0 aliphatic heterocycles. The van der Waals surface area contributed by atoms with Crippen molar-refractivity contribution in [2.45, 2.75) is 12.6 Å². The number of pyridine rings is 1. The molecular weight excluding hydrogens is 269 g/mol. The maximum atomic E-state index is 14.0. The molecule has 1 heterocycles. The van der Waals surface area contributed by atoms with E-state index in [0.29, 0.717) is 0 Å². The van der Waals surface area contributed by atoms with Crippen LogP contribution in [0.25, 0.3) is 10.9 Å². The maximum Gasteiger partial charge on any atom is 0.335 e. The van der Waals surface area contributed by atoms with Crippen LogP contribution < -0.4 is 5.56 Å². The standard InChI is InChI=1S/C13H12FNO5/c14-10-4-8(13(19)20)3-7-1-2-11(18)15(12(7)10)5-9(17)6-16/h1-4,9,16-17H,5-6H2,(H,19,20). The van der Waals surface area contributed by atoms with Crippen molar-refractivity contribution in [2.75, 3.05) is 6.61 Å². The minimum Gasteiger partial charge on any atom is -0.478 e. The largest absolute Gasteiger partial charge is 0.478 e. The van der Waals surface area contributed by atoms with Gasteiger partial charge in [-0.3, -0.25) is 4.79 Å². The summed E-state index contributed by atoms with van der Waals surface area (Å²) in [5.41, 5.74) is -0.884. The number of carboxylic acids is 1. The summed E-state index contributed by atoms with van der Waals surface area (Å²) in [5, 5.41) is 27.3. The molecule has 106 valence electrons. The first-order chi connectivity index (χ1) is 9.43. The van der Waals surface area contributed by atoms with E-state index < -0.39 is 30.1 Å². The number of aliphatic hydroxyl groups excluding tert-OH is 2. The number of hydrogen-bond donors (Lipinski definition) is 3. The summed E-state index contributed by atoms with van der Waals surface area (Å²) in [5.74, 6) is -2.15. The number of benzene rings is 1. The molecule has 0 bridgehead atoms. The Labute approximate surface area is 112 Å². The zero-order valence-electron chi connectivity index (χ0n) is 10.3. The number of aromatic nitrogens is 1. The number of hydrogen-bond acceptors (Lipinski definition) is 4. The monoisotopic (exact) mass is 281 g/mol. The van der Waals surface area contributed by atoms with Crippen LogP contribution in [-0.4, -0.2) is 38.6 Å². The molecule has 3 N–H and O–H groups in total. The Hall–Kier alpha value is -2.25. The lowest BCUT2D eigenvalue weighted by Crippen LogP contribution is -2.28. The van der Waals surface area contributed by atoms with E-state index in [0.717, 1.165) is 16.7 Å². The van der Waals surface area contributed by atoms with Gasteiger partial charge in [-0.25, -0.2) is 9.18 Å². The third kappa shape index (κ3) is 2.54. The van der Waals surface area contributed by atoms with Crippen LogP contribution in [0.15, 0.2) is 29.1 Å². The summed E-state index contributed by atoms with van der Waals surface area (Å²) in [7, 11) is 0. The van der Waals surface area contributed by atoms with Crippen LogP contribution in [0.4, 0.5) is 4.39 Å². The number of rotatable bonds is 4. The predicted molar refractivity (Wildman–Crippen MR) is 68.2 cm³/mol. The Balaban J connectivity index is 2.71. The highest BCUT2D eigenvalue weighted by Crippen LogP contribution is 2.19. The molecule has 0 aliphatic rings. The average Bonchev–Trinajstić information content (AvgIpc) is 2.41. The molecule has 1 aromatic heterocycles. The number of carboxylic acid groups (broad SMARTS) is 1. The average molecular weight is 281 g/mol. The van der Waals surface area contributed by atoms with Gasteiger partial charge in [-0.15, -0.1) is 0 Å². The zero-order chi connectivity index (χ0) is 14.9. The summed E-state index contributed by atoms with van der Waals surface area (Å²) in [6, 6.07) is 4.51. The third-order valence-electron chi connectivity index (χ3n) is 2.89. The lowest BCUT2D eigenvalue weighted by atomic mass is 10.1. The lowest BCUT2D eigenvalue weighted by Gasteiger charge is -2.14. The van der Waals surface area contributed by atoms with Crippen molar-refractivity contribution in [3.8, 4) is 0 Å². The highest BCUT2D eigenvalue weighted by molar-refractivity contribution is 5.93. The Morgan fingerprint density at radius 1 is 1.35 bits per heavy atom. The Bertz CT molecular complexity index is 725. The number of halogens is 1. The molecule has 7 heteroatoms. The Morgan fingerprint density at radius 2 is 2.05 bits per heavy atom. The molecule has 0 amide bonds. The van der Waals surface area contributed by atoms with Gasteiger partial charge in [0.2, 0.25) is 0 Å². The fourth-order valence-electron chi connectivity index (χ4n) is 1.97. The minimum atomic E-state index is -1.28. The Morgan fingerprint density at radius 3 is 2.65 bits per heavy atom. The molecule has 0 saturated heterocycles. The van der Waals surface area contributed by atoms with Crippen molar-refractivity contribution >= 4 is 16.9 Å². The van der Waals surface area contributed by atoms with Gasteiger partial charge in [0.25, 0.3) is 5.56 Å². The van der Waals surface area contributed by atoms with Crippen molar-refractivity contribution in [3.05, 3.63) is 46.0 Å². The molecule has 20 heavy (non-hydrogen) atoms. The topological polar surface area (TPSA) is 99.8 Å². The van der Waals surface area contributed by atoms with Gasteiger partial charge in [0.05, 0.1) is 30.3 Å². The van der Waals surface area contributed by atoms with Crippen molar-refractivity contribution < 1.29 is 24.5 Å². The predicted octanol–water partition coefficient (Wildman–Crippen LogP) is 0.192. The molecule has 0 fully saturated rings. The second-order valence-corrected chi connectivity index (χ2v) is 4.32. The van der Waals surface area contributed by atoms with Gasteiger partial charge in [-0.05, 0) is 18.2 Å². The molecule has 1 unspecified atom stereocenters. The first-order valence-electron chi connectivity index (χ1n) is 5.79. The van der Waals surface area contributed by atoms with E-state index in [9.17, 15) is 19.1 Å². The summed E-state index contributed by atoms with van der Waals surface area (Å²) < 4.78 is 15.0. The molecule has 0 aliphatic carbocycles. The van der Waals surface area contributed by atoms with Gasteiger partial charge < -0.3 is 19.9 Å². The van der Waals surface area contributed by atoms with Crippen molar-refractivity contribution in [1.82, 2.24) is 4.57 Å². The highest BCUT2D eigenvalue weighted by atomic mass is 19.1. The fraction of sp³-hybridized carbons (Fsp3) is 0.231. The fourth-order valence-corrected chi connectivity index (χ4v) is 1.97. The van der Waals surface area contributed by atoms with Crippen LogP contribution in [0.3, 0.4) is 0 Å². The second-order valence-electron chi connectivity index (χ2n) is 4.32. The molecule has 0 spiro atoms. The zero-order valence-corrected chi connectivity index (χ0v) is 10.3. The van der Waals surface area contributed by atoms with E-state index in [2.05, 4.69) is 0 Å². The maximum absolute atomic E-state index is 14.0. The quantitative estimate of drug-likeness (QED) is 0.743. The summed E-state index contributed by atoms with van der Waals surface area (Å²) in [6.07, 6.45) is -1.21. The molecule has 1 atom stereocenters. The first-order valence-corrected chi connectivity index (χ1v) is 5.79. The van der Waals surface area contributed by atoms with Gasteiger partial charge >= 0.3 is 5.97 Å². The van der Waals surface area contributed by atoms with Crippen LogP contribution in [0.1, 0.15) is 10.4 Å². The first kappa shape index (κ1) is 14.2. The normalized spacial score (nSPS) is 12.6. The van der Waals surface area contributed by atoms with E-state index in [4.69, 9.17) is 10.2 Å². The minimum absolute atomic E-state index is 0.102. The van der Waals surface area contributed by atoms with Gasteiger partial charge in [0.15, 0.2) is 0 Å². The van der Waals surface area contributed by atoms with E-state index >= 15 is 0 Å². The van der Waals surface area contributed by atoms with E-state index in [1.807, 2.05) is 0 Å². The molecule has 6 nitrogen and oxygen atoms in total. The Kier molecular flexibility index (Phi) is 3.82. The van der Waals surface area contributed by atoms with E-state index in [-0.39, 0.29) is 23.0 Å². The van der Waals surface area contributed by atoms with Gasteiger partial charge in [-0.2, -0.15) is 0 Å².